The van der Waals surface area contributed by atoms with Crippen molar-refractivity contribution in [2.75, 3.05) is 5.75 Å². The number of Topliss-reactive ketones (excluding diaryl/α,β-unsaturated/α-hetero) is 1. The molecular formula is C23H25NO4S. The zero-order valence-corrected chi connectivity index (χ0v) is 18.0. The normalized spacial score (nSPS) is 11.6. The van der Waals surface area contributed by atoms with Gasteiger partial charge >= 0.3 is 0 Å². The van der Waals surface area contributed by atoms with Crippen LogP contribution in [0.15, 0.2) is 46.9 Å². The molecule has 1 heterocycles. The average molecular weight is 412 g/mol. The Kier molecular flexibility index (Phi) is 6.03. The minimum atomic E-state index is -3.65. The highest BCUT2D eigenvalue weighted by molar-refractivity contribution is 7.91. The van der Waals surface area contributed by atoms with Gasteiger partial charge in [-0.3, -0.25) is 4.79 Å². The van der Waals surface area contributed by atoms with E-state index in [0.29, 0.717) is 17.3 Å². The molecule has 3 rings (SSSR count). The summed E-state index contributed by atoms with van der Waals surface area (Å²) in [5, 5.41) is 0. The summed E-state index contributed by atoms with van der Waals surface area (Å²) < 4.78 is 30.9. The zero-order valence-electron chi connectivity index (χ0n) is 17.2. The summed E-state index contributed by atoms with van der Waals surface area (Å²) in [5.74, 6) is -0.292. The van der Waals surface area contributed by atoms with Crippen LogP contribution in [0.4, 0.5) is 0 Å². The highest BCUT2D eigenvalue weighted by Gasteiger charge is 2.23. The number of sulfone groups is 1. The molecule has 3 aromatic rings. The molecule has 152 valence electrons. The third-order valence-corrected chi connectivity index (χ3v) is 6.37. The van der Waals surface area contributed by atoms with Crippen molar-refractivity contribution in [1.29, 1.82) is 0 Å². The van der Waals surface area contributed by atoms with Crippen LogP contribution in [-0.4, -0.2) is 24.9 Å². The van der Waals surface area contributed by atoms with Gasteiger partial charge in [-0.25, -0.2) is 13.4 Å². The van der Waals surface area contributed by atoms with E-state index in [1.165, 1.54) is 0 Å². The first kappa shape index (κ1) is 21.0. The Morgan fingerprint density at radius 2 is 1.72 bits per heavy atom. The average Bonchev–Trinajstić information content (AvgIpc) is 2.97. The molecule has 0 aliphatic heterocycles. The molecule has 0 fully saturated rings. The Hall–Kier alpha value is -2.73. The fourth-order valence-electron chi connectivity index (χ4n) is 3.25. The van der Waals surface area contributed by atoms with Gasteiger partial charge in [-0.15, -0.1) is 0 Å². The fourth-order valence-corrected chi connectivity index (χ4v) is 4.63. The van der Waals surface area contributed by atoms with E-state index >= 15 is 0 Å². The number of carbonyl (C=O) groups is 1. The summed E-state index contributed by atoms with van der Waals surface area (Å²) in [6, 6.07) is 13.5. The molecule has 0 saturated heterocycles. The summed E-state index contributed by atoms with van der Waals surface area (Å²) in [6.45, 7) is 7.50. The predicted molar refractivity (Wildman–Crippen MR) is 114 cm³/mol. The number of hydrogen-bond donors (Lipinski definition) is 0. The molecular weight excluding hydrogens is 386 g/mol. The lowest BCUT2D eigenvalue weighted by Gasteiger charge is -2.07. The Morgan fingerprint density at radius 1 is 1.00 bits per heavy atom. The maximum absolute atomic E-state index is 12.6. The second-order valence-electron chi connectivity index (χ2n) is 7.51. The maximum Gasteiger partial charge on any atom is 0.226 e. The summed E-state index contributed by atoms with van der Waals surface area (Å²) in [7, 11) is -3.65. The Bertz CT molecular complexity index is 1160. The lowest BCUT2D eigenvalue weighted by atomic mass is 10.0. The van der Waals surface area contributed by atoms with E-state index < -0.39 is 15.6 Å². The van der Waals surface area contributed by atoms with Crippen molar-refractivity contribution in [3.05, 3.63) is 76.2 Å². The Morgan fingerprint density at radius 3 is 2.45 bits per heavy atom. The second kappa shape index (κ2) is 8.33. The number of nitrogens with zero attached hydrogens (tertiary/aromatic N) is 1. The maximum atomic E-state index is 12.6. The van der Waals surface area contributed by atoms with Crippen molar-refractivity contribution >= 4 is 15.6 Å². The molecule has 0 N–H and O–H groups in total. The topological polar surface area (TPSA) is 77.2 Å². The van der Waals surface area contributed by atoms with Crippen LogP contribution in [0.3, 0.4) is 0 Å². The van der Waals surface area contributed by atoms with Crippen LogP contribution in [-0.2, 0) is 26.8 Å². The summed E-state index contributed by atoms with van der Waals surface area (Å²) in [5.41, 5.74) is 5.06. The zero-order chi connectivity index (χ0) is 21.2. The van der Waals surface area contributed by atoms with E-state index in [1.807, 2.05) is 63.2 Å². The van der Waals surface area contributed by atoms with Crippen LogP contribution >= 0.6 is 0 Å². The van der Waals surface area contributed by atoms with Gasteiger partial charge in [0.2, 0.25) is 5.89 Å². The van der Waals surface area contributed by atoms with Gasteiger partial charge < -0.3 is 4.42 Å². The minimum absolute atomic E-state index is 0.110. The number of ketones is 1. The van der Waals surface area contributed by atoms with Crippen LogP contribution in [0.25, 0.3) is 11.5 Å². The number of aromatic nitrogens is 1. The van der Waals surface area contributed by atoms with Gasteiger partial charge in [0.15, 0.2) is 15.6 Å². The van der Waals surface area contributed by atoms with Crippen molar-refractivity contribution in [2.45, 2.75) is 39.9 Å². The first-order chi connectivity index (χ1) is 13.6. The summed E-state index contributed by atoms with van der Waals surface area (Å²) >= 11 is 0. The molecule has 6 heteroatoms. The monoisotopic (exact) mass is 411 g/mol. The lowest BCUT2D eigenvalue weighted by molar-refractivity contribution is -0.116. The Labute approximate surface area is 171 Å². The molecule has 0 saturated carbocycles. The highest BCUT2D eigenvalue weighted by atomic mass is 32.2. The molecule has 0 atom stereocenters. The third kappa shape index (κ3) is 5.21. The van der Waals surface area contributed by atoms with E-state index in [1.54, 1.807) is 6.92 Å². The molecule has 1 aromatic heterocycles. The van der Waals surface area contributed by atoms with E-state index in [4.69, 9.17) is 4.42 Å². The molecule has 0 amide bonds. The van der Waals surface area contributed by atoms with Gasteiger partial charge in [0, 0.05) is 12.0 Å². The van der Waals surface area contributed by atoms with Crippen LogP contribution in [0.5, 0.6) is 0 Å². The minimum Gasteiger partial charge on any atom is -0.441 e. The van der Waals surface area contributed by atoms with E-state index in [9.17, 15) is 13.2 Å². The van der Waals surface area contributed by atoms with Crippen LogP contribution < -0.4 is 0 Å². The predicted octanol–water partition coefficient (Wildman–Crippen LogP) is 4.30. The largest absolute Gasteiger partial charge is 0.441 e. The molecule has 0 radical (unpaired) electrons. The number of rotatable bonds is 7. The lowest BCUT2D eigenvalue weighted by Crippen LogP contribution is -2.20. The molecule has 0 spiro atoms. The summed E-state index contributed by atoms with van der Waals surface area (Å²) in [6.07, 6.45) is 0.110. The van der Waals surface area contributed by atoms with Crippen molar-refractivity contribution in [3.8, 4) is 11.5 Å². The van der Waals surface area contributed by atoms with Gasteiger partial charge in [0.05, 0.1) is 11.4 Å². The number of carbonyl (C=O) groups excluding carboxylic acids is 1. The van der Waals surface area contributed by atoms with Crippen molar-refractivity contribution < 1.29 is 17.6 Å². The van der Waals surface area contributed by atoms with Crippen LogP contribution in [0.2, 0.25) is 0 Å². The molecule has 0 unspecified atom stereocenters. The van der Waals surface area contributed by atoms with Gasteiger partial charge in [-0.05, 0) is 50.5 Å². The van der Waals surface area contributed by atoms with Crippen molar-refractivity contribution in [1.82, 2.24) is 4.98 Å². The first-order valence-corrected chi connectivity index (χ1v) is 11.3. The highest BCUT2D eigenvalue weighted by Crippen LogP contribution is 2.25. The van der Waals surface area contributed by atoms with Crippen LogP contribution in [0, 0.1) is 27.7 Å². The molecule has 5 nitrogen and oxygen atoms in total. The van der Waals surface area contributed by atoms with Crippen molar-refractivity contribution in [3.63, 3.8) is 0 Å². The SMILES string of the molecule is Cc1ccc(C)c(CC(=O)CS(=O)(=O)Cc2nc(-c3ccccc3C)oc2C)c1. The molecule has 29 heavy (non-hydrogen) atoms. The Balaban J connectivity index is 1.73. The number of aryl methyl sites for hydroxylation is 4. The number of hydrogen-bond acceptors (Lipinski definition) is 5. The van der Waals surface area contributed by atoms with E-state index in [2.05, 4.69) is 4.98 Å². The van der Waals surface area contributed by atoms with Crippen molar-refractivity contribution in [2.24, 2.45) is 0 Å². The first-order valence-electron chi connectivity index (χ1n) is 9.45. The molecule has 0 aliphatic rings. The molecule has 0 aliphatic carbocycles. The van der Waals surface area contributed by atoms with Crippen LogP contribution in [0.1, 0.15) is 33.7 Å². The van der Waals surface area contributed by atoms with E-state index in [-0.39, 0.29) is 18.0 Å². The standard InChI is InChI=1S/C23H25NO4S/c1-15-9-10-16(2)19(11-15)12-20(25)13-29(26,27)14-22-18(4)28-23(24-22)21-8-6-5-7-17(21)3/h5-11H,12-14H2,1-4H3. The fraction of sp³-hybridized carbons (Fsp3) is 0.304. The van der Waals surface area contributed by atoms with Gasteiger partial charge in [-0.1, -0.05) is 42.0 Å². The smallest absolute Gasteiger partial charge is 0.226 e. The second-order valence-corrected chi connectivity index (χ2v) is 9.58. The van der Waals surface area contributed by atoms with Gasteiger partial charge in [0.25, 0.3) is 0 Å². The number of benzene rings is 2. The molecule has 2 aromatic carbocycles. The molecule has 0 bridgehead atoms. The number of oxazole rings is 1. The van der Waals surface area contributed by atoms with E-state index in [0.717, 1.165) is 27.8 Å². The third-order valence-electron chi connectivity index (χ3n) is 4.90. The summed E-state index contributed by atoms with van der Waals surface area (Å²) in [4.78, 5) is 16.8. The quantitative estimate of drug-likeness (QED) is 0.579. The van der Waals surface area contributed by atoms with Gasteiger partial charge in [-0.2, -0.15) is 0 Å². The van der Waals surface area contributed by atoms with Gasteiger partial charge in [0.1, 0.15) is 11.5 Å².